The third-order valence-electron chi connectivity index (χ3n) is 7.76. The molecule has 2 N–H and O–H groups in total. The second-order valence-electron chi connectivity index (χ2n) is 10.2. The molecule has 0 aromatic carbocycles. The van der Waals surface area contributed by atoms with Crippen LogP contribution in [-0.4, -0.2) is 69.7 Å². The zero-order valence-corrected chi connectivity index (χ0v) is 20.6. The number of piperazine rings is 1. The van der Waals surface area contributed by atoms with E-state index in [-0.39, 0.29) is 11.9 Å². The Balaban J connectivity index is 1.41. The van der Waals surface area contributed by atoms with Crippen molar-refractivity contribution in [3.8, 4) is 17.0 Å². The minimum Gasteiger partial charge on any atom is -0.402 e. The fourth-order valence-electron chi connectivity index (χ4n) is 5.75. The van der Waals surface area contributed by atoms with Crippen LogP contribution in [0.2, 0.25) is 0 Å². The topological polar surface area (TPSA) is 72.4 Å². The van der Waals surface area contributed by atoms with E-state index in [0.717, 1.165) is 38.2 Å². The Morgan fingerprint density at radius 2 is 2.03 bits per heavy atom. The summed E-state index contributed by atoms with van der Waals surface area (Å²) < 4.78 is 44.5. The predicted octanol–water partition coefficient (Wildman–Crippen LogP) is 4.44. The van der Waals surface area contributed by atoms with E-state index in [0.29, 0.717) is 35.2 Å². The highest BCUT2D eigenvalue weighted by Crippen LogP contribution is 2.61. The van der Waals surface area contributed by atoms with E-state index in [9.17, 15) is 13.2 Å². The zero-order chi connectivity index (χ0) is 25.1. The van der Waals surface area contributed by atoms with Crippen molar-refractivity contribution in [1.82, 2.24) is 24.6 Å². The molecule has 1 aliphatic heterocycles. The Hall–Kier alpha value is -2.59. The van der Waals surface area contributed by atoms with E-state index >= 15 is 0 Å². The first-order chi connectivity index (χ1) is 16.6. The van der Waals surface area contributed by atoms with Crippen molar-refractivity contribution in [3.63, 3.8) is 0 Å². The Kier molecular flexibility index (Phi) is 6.07. The molecule has 35 heavy (non-hydrogen) atoms. The molecule has 0 spiro atoms. The number of nitrogens with two attached hydrogens (primary N) is 1. The monoisotopic (exact) mass is 490 g/mol. The number of halogens is 3. The van der Waals surface area contributed by atoms with E-state index < -0.39 is 12.1 Å². The highest BCUT2D eigenvalue weighted by atomic mass is 19.4. The third-order valence-corrected chi connectivity index (χ3v) is 7.76. The van der Waals surface area contributed by atoms with Crippen LogP contribution < -0.4 is 10.5 Å². The van der Waals surface area contributed by atoms with Crippen molar-refractivity contribution in [2.45, 2.75) is 64.0 Å². The van der Waals surface area contributed by atoms with Crippen LogP contribution >= 0.6 is 0 Å². The summed E-state index contributed by atoms with van der Waals surface area (Å²) >= 11 is 0. The number of aromatic nitrogens is 3. The van der Waals surface area contributed by atoms with Crippen LogP contribution in [0, 0.1) is 5.92 Å². The van der Waals surface area contributed by atoms with Gasteiger partial charge in [0.25, 0.3) is 0 Å². The Morgan fingerprint density at radius 1 is 1.26 bits per heavy atom. The number of alkyl halides is 3. The molecule has 3 heterocycles. The minimum absolute atomic E-state index is 0.168. The van der Waals surface area contributed by atoms with E-state index in [2.05, 4.69) is 53.4 Å². The molecular weight excluding hydrogens is 457 g/mol. The van der Waals surface area contributed by atoms with Crippen LogP contribution in [0.15, 0.2) is 30.0 Å². The van der Waals surface area contributed by atoms with Gasteiger partial charge in [-0.2, -0.15) is 5.10 Å². The third kappa shape index (κ3) is 4.65. The van der Waals surface area contributed by atoms with Crippen molar-refractivity contribution >= 4 is 5.82 Å². The summed E-state index contributed by atoms with van der Waals surface area (Å²) in [6, 6.07) is 4.45. The predicted molar refractivity (Wildman–Crippen MR) is 128 cm³/mol. The van der Waals surface area contributed by atoms with Crippen molar-refractivity contribution in [1.29, 1.82) is 0 Å². The lowest BCUT2D eigenvalue weighted by atomic mass is 10.0. The molecule has 0 radical (unpaired) electrons. The molecule has 2 aromatic heterocycles. The molecule has 2 aromatic rings. The number of ether oxygens (including phenoxy) is 1. The summed E-state index contributed by atoms with van der Waals surface area (Å²) in [5.41, 5.74) is 9.23. The van der Waals surface area contributed by atoms with Crippen molar-refractivity contribution < 1.29 is 17.9 Å². The second kappa shape index (κ2) is 8.81. The van der Waals surface area contributed by atoms with Crippen LogP contribution in [0.3, 0.4) is 0 Å². The van der Waals surface area contributed by atoms with Gasteiger partial charge in [-0.15, -0.1) is 13.2 Å². The number of rotatable bonds is 6. The van der Waals surface area contributed by atoms with Gasteiger partial charge in [0.1, 0.15) is 0 Å². The molecule has 0 bridgehead atoms. The standard InChI is InChI=1S/C25H33F3N6O/c1-5-14(2)34-21(11-20(31-34)16-8-22(24(29)30-12-16)35-25(26,27)28)23-18-9-17(10-19(18)23)33-7-6-32(4)13-15(33)3/h8-9,11-12,14-15,17,19,23H,5-7,10,13H2,1-4H3,(H2,29,30). The fourth-order valence-corrected chi connectivity index (χ4v) is 5.75. The summed E-state index contributed by atoms with van der Waals surface area (Å²) in [5, 5.41) is 4.79. The molecule has 7 nitrogen and oxygen atoms in total. The van der Waals surface area contributed by atoms with Crippen molar-refractivity contribution in [2.75, 3.05) is 32.4 Å². The quantitative estimate of drug-likeness (QED) is 0.604. The number of allylic oxidation sites excluding steroid dienone is 1. The SMILES string of the molecule is CCC(C)n1nc(-c2cnc(N)c(OC(F)(F)F)c2)cc1C1C2=CC(N3CCN(C)CC3C)CC21. The lowest BCUT2D eigenvalue weighted by Crippen LogP contribution is -2.53. The molecular formula is C25H33F3N6O. The number of hydrogen-bond acceptors (Lipinski definition) is 6. The first-order valence-electron chi connectivity index (χ1n) is 12.3. The van der Waals surface area contributed by atoms with Gasteiger partial charge in [0.05, 0.1) is 5.69 Å². The summed E-state index contributed by atoms with van der Waals surface area (Å²) in [4.78, 5) is 8.92. The normalized spacial score (nSPS) is 28.0. The van der Waals surface area contributed by atoms with Gasteiger partial charge in [-0.05, 0) is 51.8 Å². The molecule has 2 aliphatic carbocycles. The van der Waals surface area contributed by atoms with E-state index in [1.807, 2.05) is 10.7 Å². The van der Waals surface area contributed by atoms with Gasteiger partial charge in [-0.1, -0.05) is 18.6 Å². The van der Waals surface area contributed by atoms with E-state index in [1.54, 1.807) is 0 Å². The number of nitrogens with zero attached hydrogens (tertiary/aromatic N) is 5. The van der Waals surface area contributed by atoms with Gasteiger partial charge in [0.15, 0.2) is 11.6 Å². The van der Waals surface area contributed by atoms with Gasteiger partial charge in [0, 0.05) is 61.1 Å². The average molecular weight is 491 g/mol. The molecule has 1 saturated heterocycles. The maximum Gasteiger partial charge on any atom is 0.573 e. The Bertz CT molecular complexity index is 1130. The van der Waals surface area contributed by atoms with Crippen LogP contribution in [0.5, 0.6) is 5.75 Å². The lowest BCUT2D eigenvalue weighted by molar-refractivity contribution is -0.274. The van der Waals surface area contributed by atoms with Crippen LogP contribution in [0.4, 0.5) is 19.0 Å². The number of anilines is 1. The molecule has 5 rings (SSSR count). The van der Waals surface area contributed by atoms with Crippen molar-refractivity contribution in [3.05, 3.63) is 35.7 Å². The molecule has 10 heteroatoms. The molecule has 190 valence electrons. The average Bonchev–Trinajstić information content (AvgIpc) is 3.13. The summed E-state index contributed by atoms with van der Waals surface area (Å²) in [7, 11) is 2.18. The fraction of sp³-hybridized carbons (Fsp3) is 0.600. The maximum atomic E-state index is 12.8. The summed E-state index contributed by atoms with van der Waals surface area (Å²) in [5.74, 6) is 0.00766. The maximum absolute atomic E-state index is 12.8. The molecule has 0 amide bonds. The van der Waals surface area contributed by atoms with Crippen LogP contribution in [0.1, 0.15) is 51.3 Å². The van der Waals surface area contributed by atoms with Gasteiger partial charge in [-0.25, -0.2) is 4.98 Å². The molecule has 2 fully saturated rings. The van der Waals surface area contributed by atoms with Gasteiger partial charge >= 0.3 is 6.36 Å². The lowest BCUT2D eigenvalue weighted by Gasteiger charge is -2.41. The highest BCUT2D eigenvalue weighted by molar-refractivity contribution is 5.65. The number of pyridine rings is 1. The molecule has 1 saturated carbocycles. The number of fused-ring (bicyclic) bond motifs is 1. The molecule has 3 aliphatic rings. The van der Waals surface area contributed by atoms with E-state index in [1.165, 1.54) is 17.8 Å². The summed E-state index contributed by atoms with van der Waals surface area (Å²) in [6.07, 6.45) is 1.07. The summed E-state index contributed by atoms with van der Waals surface area (Å²) in [6.45, 7) is 9.79. The van der Waals surface area contributed by atoms with Crippen LogP contribution in [0.25, 0.3) is 11.3 Å². The Labute approximate surface area is 203 Å². The highest BCUT2D eigenvalue weighted by Gasteiger charge is 2.53. The number of nitrogen functional groups attached to an aromatic ring is 1. The molecule has 5 unspecified atom stereocenters. The van der Waals surface area contributed by atoms with Gasteiger partial charge < -0.3 is 15.4 Å². The minimum atomic E-state index is -4.84. The second-order valence-corrected chi connectivity index (χ2v) is 10.2. The first-order valence-corrected chi connectivity index (χ1v) is 12.3. The van der Waals surface area contributed by atoms with Gasteiger partial charge in [0.2, 0.25) is 0 Å². The molecule has 5 atom stereocenters. The zero-order valence-electron chi connectivity index (χ0n) is 20.6. The van der Waals surface area contributed by atoms with E-state index in [4.69, 9.17) is 10.8 Å². The van der Waals surface area contributed by atoms with Crippen LogP contribution in [-0.2, 0) is 0 Å². The smallest absolute Gasteiger partial charge is 0.402 e. The largest absolute Gasteiger partial charge is 0.573 e. The number of hydrogen-bond donors (Lipinski definition) is 1. The number of likely N-dealkylation sites (N-methyl/N-ethyl adjacent to an activating group) is 1. The van der Waals surface area contributed by atoms with Gasteiger partial charge in [-0.3, -0.25) is 9.58 Å². The van der Waals surface area contributed by atoms with Crippen molar-refractivity contribution in [2.24, 2.45) is 5.92 Å². The first kappa shape index (κ1) is 24.1. The Morgan fingerprint density at radius 3 is 2.66 bits per heavy atom.